The summed E-state index contributed by atoms with van der Waals surface area (Å²) in [6.07, 6.45) is 0. The minimum Gasteiger partial charge on any atom is -0.490 e. The van der Waals surface area contributed by atoms with Crippen LogP contribution in [0.4, 0.5) is 11.4 Å². The predicted molar refractivity (Wildman–Crippen MR) is 107 cm³/mol. The van der Waals surface area contributed by atoms with Crippen molar-refractivity contribution in [3.8, 4) is 11.5 Å². The van der Waals surface area contributed by atoms with E-state index in [1.807, 2.05) is 84.9 Å². The molecule has 5 heteroatoms. The van der Waals surface area contributed by atoms with Crippen LogP contribution in [0.25, 0.3) is 0 Å². The minimum atomic E-state index is -0.143. The van der Waals surface area contributed by atoms with Gasteiger partial charge in [-0.2, -0.15) is 0 Å². The molecule has 3 aromatic rings. The lowest BCUT2D eigenvalue weighted by atomic mass is 10.3. The molecule has 0 aromatic heterocycles. The van der Waals surface area contributed by atoms with Gasteiger partial charge in [-0.15, -0.1) is 0 Å². The zero-order chi connectivity index (χ0) is 18.7. The van der Waals surface area contributed by atoms with Crippen LogP contribution in [0.15, 0.2) is 84.9 Å². The van der Waals surface area contributed by atoms with Gasteiger partial charge in [-0.05, 0) is 36.4 Å². The monoisotopic (exact) mass is 362 g/mol. The van der Waals surface area contributed by atoms with Crippen molar-refractivity contribution in [1.29, 1.82) is 0 Å². The van der Waals surface area contributed by atoms with E-state index in [0.717, 1.165) is 11.4 Å². The van der Waals surface area contributed by atoms with Gasteiger partial charge in [-0.25, -0.2) is 0 Å². The van der Waals surface area contributed by atoms with Crippen molar-refractivity contribution < 1.29 is 14.3 Å². The second-order valence-electron chi connectivity index (χ2n) is 5.77. The fraction of sp³-hybridized carbons (Fsp3) is 0.136. The SMILES string of the molecule is O=C(CNc1ccccc1)Nc1ccccc1OCCOc1ccccc1. The van der Waals surface area contributed by atoms with Crippen molar-refractivity contribution in [3.63, 3.8) is 0 Å². The average molecular weight is 362 g/mol. The van der Waals surface area contributed by atoms with Gasteiger partial charge in [0.25, 0.3) is 0 Å². The van der Waals surface area contributed by atoms with Crippen LogP contribution in [0.1, 0.15) is 0 Å². The number of nitrogens with one attached hydrogen (secondary N) is 2. The largest absolute Gasteiger partial charge is 0.490 e. The molecule has 2 N–H and O–H groups in total. The molecule has 0 spiro atoms. The van der Waals surface area contributed by atoms with Crippen LogP contribution in [0.5, 0.6) is 11.5 Å². The van der Waals surface area contributed by atoms with Crippen LogP contribution >= 0.6 is 0 Å². The Hall–Kier alpha value is -3.47. The molecule has 0 saturated carbocycles. The number of carbonyl (C=O) groups is 1. The number of hydrogen-bond donors (Lipinski definition) is 2. The lowest BCUT2D eigenvalue weighted by Crippen LogP contribution is -2.22. The Kier molecular flexibility index (Phi) is 6.70. The van der Waals surface area contributed by atoms with Crippen molar-refractivity contribution in [1.82, 2.24) is 0 Å². The predicted octanol–water partition coefficient (Wildman–Crippen LogP) is 4.20. The topological polar surface area (TPSA) is 59.6 Å². The summed E-state index contributed by atoms with van der Waals surface area (Å²) in [5.74, 6) is 1.27. The van der Waals surface area contributed by atoms with E-state index in [1.54, 1.807) is 0 Å². The number of hydrogen-bond acceptors (Lipinski definition) is 4. The summed E-state index contributed by atoms with van der Waals surface area (Å²) in [5.41, 5.74) is 1.53. The number of para-hydroxylation sites is 4. The minimum absolute atomic E-state index is 0.143. The van der Waals surface area contributed by atoms with Crippen molar-refractivity contribution in [2.75, 3.05) is 30.4 Å². The highest BCUT2D eigenvalue weighted by molar-refractivity contribution is 5.95. The maximum atomic E-state index is 12.2. The molecule has 27 heavy (non-hydrogen) atoms. The van der Waals surface area contributed by atoms with Crippen LogP contribution in [-0.4, -0.2) is 25.7 Å². The first-order valence-corrected chi connectivity index (χ1v) is 8.80. The van der Waals surface area contributed by atoms with Gasteiger partial charge in [0.15, 0.2) is 0 Å². The number of amides is 1. The second kappa shape index (κ2) is 9.87. The first-order chi connectivity index (χ1) is 13.3. The van der Waals surface area contributed by atoms with Gasteiger partial charge in [-0.3, -0.25) is 4.79 Å². The first kappa shape index (κ1) is 18.3. The molecule has 3 rings (SSSR count). The van der Waals surface area contributed by atoms with Gasteiger partial charge in [0.05, 0.1) is 12.2 Å². The molecular formula is C22H22N2O3. The number of anilines is 2. The van der Waals surface area contributed by atoms with E-state index in [2.05, 4.69) is 10.6 Å². The van der Waals surface area contributed by atoms with Crippen molar-refractivity contribution in [2.24, 2.45) is 0 Å². The molecule has 0 atom stereocenters. The van der Waals surface area contributed by atoms with Gasteiger partial charge >= 0.3 is 0 Å². The van der Waals surface area contributed by atoms with Crippen LogP contribution < -0.4 is 20.1 Å². The summed E-state index contributed by atoms with van der Waals surface area (Å²) < 4.78 is 11.4. The van der Waals surface area contributed by atoms with Gasteiger partial charge in [0.1, 0.15) is 24.7 Å². The summed E-state index contributed by atoms with van der Waals surface area (Å²) in [7, 11) is 0. The van der Waals surface area contributed by atoms with Crippen LogP contribution in [0.3, 0.4) is 0 Å². The lowest BCUT2D eigenvalue weighted by Gasteiger charge is -2.13. The van der Waals surface area contributed by atoms with Gasteiger partial charge in [-0.1, -0.05) is 48.5 Å². The Morgan fingerprint density at radius 2 is 1.37 bits per heavy atom. The summed E-state index contributed by atoms with van der Waals surface area (Å²) in [6.45, 7) is 0.974. The van der Waals surface area contributed by atoms with Crippen LogP contribution in [0, 0.1) is 0 Å². The Morgan fingerprint density at radius 1 is 0.741 bits per heavy atom. The lowest BCUT2D eigenvalue weighted by molar-refractivity contribution is -0.114. The molecule has 3 aromatic carbocycles. The van der Waals surface area contributed by atoms with E-state index < -0.39 is 0 Å². The maximum absolute atomic E-state index is 12.2. The fourth-order valence-corrected chi connectivity index (χ4v) is 2.46. The number of benzene rings is 3. The Labute approximate surface area is 158 Å². The van der Waals surface area contributed by atoms with Gasteiger partial charge in [0.2, 0.25) is 5.91 Å². The molecule has 138 valence electrons. The molecule has 1 amide bonds. The quantitative estimate of drug-likeness (QED) is 0.560. The third-order valence-corrected chi connectivity index (χ3v) is 3.74. The molecule has 0 heterocycles. The average Bonchev–Trinajstić information content (AvgIpc) is 2.72. The normalized spacial score (nSPS) is 10.1. The van der Waals surface area contributed by atoms with E-state index >= 15 is 0 Å². The van der Waals surface area contributed by atoms with Crippen molar-refractivity contribution >= 4 is 17.3 Å². The molecule has 5 nitrogen and oxygen atoms in total. The third kappa shape index (κ3) is 6.08. The first-order valence-electron chi connectivity index (χ1n) is 8.80. The molecule has 0 aliphatic carbocycles. The molecular weight excluding hydrogens is 340 g/mol. The molecule has 0 unspecified atom stereocenters. The Morgan fingerprint density at radius 3 is 2.15 bits per heavy atom. The van der Waals surface area contributed by atoms with Crippen molar-refractivity contribution in [2.45, 2.75) is 0 Å². The Bertz CT molecular complexity index is 838. The van der Waals surface area contributed by atoms with E-state index in [9.17, 15) is 4.79 Å². The Balaban J connectivity index is 1.47. The molecule has 0 bridgehead atoms. The van der Waals surface area contributed by atoms with E-state index in [1.165, 1.54) is 0 Å². The zero-order valence-corrected chi connectivity index (χ0v) is 14.9. The van der Waals surface area contributed by atoms with E-state index in [-0.39, 0.29) is 12.5 Å². The summed E-state index contributed by atoms with van der Waals surface area (Å²) in [6, 6.07) is 26.5. The summed E-state index contributed by atoms with van der Waals surface area (Å²) in [5, 5.41) is 5.95. The molecule has 0 aliphatic heterocycles. The number of carbonyl (C=O) groups excluding carboxylic acids is 1. The third-order valence-electron chi connectivity index (χ3n) is 3.74. The second-order valence-corrected chi connectivity index (χ2v) is 5.77. The molecule has 0 fully saturated rings. The number of ether oxygens (including phenoxy) is 2. The smallest absolute Gasteiger partial charge is 0.243 e. The highest BCUT2D eigenvalue weighted by Gasteiger charge is 2.07. The molecule has 0 saturated heterocycles. The van der Waals surface area contributed by atoms with E-state index in [4.69, 9.17) is 9.47 Å². The van der Waals surface area contributed by atoms with E-state index in [0.29, 0.717) is 24.7 Å². The molecule has 0 radical (unpaired) electrons. The summed E-state index contributed by atoms with van der Waals surface area (Å²) in [4.78, 5) is 12.2. The number of rotatable bonds is 9. The van der Waals surface area contributed by atoms with Crippen LogP contribution in [0.2, 0.25) is 0 Å². The standard InChI is InChI=1S/C22H22N2O3/c25-22(17-23-18-9-3-1-4-10-18)24-20-13-7-8-14-21(20)27-16-15-26-19-11-5-2-6-12-19/h1-14,23H,15-17H2,(H,24,25). The van der Waals surface area contributed by atoms with Crippen LogP contribution in [-0.2, 0) is 4.79 Å². The van der Waals surface area contributed by atoms with Gasteiger partial charge < -0.3 is 20.1 Å². The molecule has 0 aliphatic rings. The highest BCUT2D eigenvalue weighted by Crippen LogP contribution is 2.23. The highest BCUT2D eigenvalue weighted by atomic mass is 16.5. The fourth-order valence-electron chi connectivity index (χ4n) is 2.46. The zero-order valence-electron chi connectivity index (χ0n) is 14.9. The van der Waals surface area contributed by atoms with Crippen molar-refractivity contribution in [3.05, 3.63) is 84.9 Å². The maximum Gasteiger partial charge on any atom is 0.243 e. The van der Waals surface area contributed by atoms with Gasteiger partial charge in [0, 0.05) is 5.69 Å². The summed E-state index contributed by atoms with van der Waals surface area (Å²) >= 11 is 0.